The van der Waals surface area contributed by atoms with Crippen molar-refractivity contribution in [2.24, 2.45) is 0 Å². The molecule has 6 heteroatoms. The summed E-state index contributed by atoms with van der Waals surface area (Å²) < 4.78 is 25.8. The van der Waals surface area contributed by atoms with Gasteiger partial charge in [-0.15, -0.1) is 0 Å². The van der Waals surface area contributed by atoms with Crippen LogP contribution in [0.2, 0.25) is 0 Å². The third kappa shape index (κ3) is 6.16. The summed E-state index contributed by atoms with van der Waals surface area (Å²) in [5.41, 5.74) is 0.992. The maximum Gasteiger partial charge on any atom is 0.321 e. The Balaban J connectivity index is 2.59. The molecule has 0 bridgehead atoms. The number of carboxylic acids is 1. The SMILES string of the molecule is CCCCS(=O)(=O)N[C@@H](CCc1ccccc1)C(=O)O. The Morgan fingerprint density at radius 2 is 1.95 bits per heavy atom. The summed E-state index contributed by atoms with van der Waals surface area (Å²) in [6, 6.07) is 8.34. The molecule has 1 aromatic carbocycles. The summed E-state index contributed by atoms with van der Waals surface area (Å²) in [4.78, 5) is 11.1. The first-order valence-corrected chi connectivity index (χ1v) is 8.36. The summed E-state index contributed by atoms with van der Waals surface area (Å²) in [7, 11) is -3.52. The van der Waals surface area contributed by atoms with E-state index in [9.17, 15) is 13.2 Å². The first-order valence-electron chi connectivity index (χ1n) is 6.71. The second-order valence-corrected chi connectivity index (χ2v) is 6.58. The minimum absolute atomic E-state index is 0.0291. The number of aryl methyl sites for hydroxylation is 1. The van der Waals surface area contributed by atoms with E-state index in [1.165, 1.54) is 0 Å². The van der Waals surface area contributed by atoms with E-state index in [2.05, 4.69) is 4.72 Å². The number of carboxylic acid groups (broad SMARTS) is 1. The van der Waals surface area contributed by atoms with Crippen molar-refractivity contribution in [1.29, 1.82) is 0 Å². The summed E-state index contributed by atoms with van der Waals surface area (Å²) in [6.07, 6.45) is 2.04. The van der Waals surface area contributed by atoms with Crippen molar-refractivity contribution in [2.75, 3.05) is 5.75 Å². The van der Waals surface area contributed by atoms with Crippen LogP contribution in [0.4, 0.5) is 0 Å². The van der Waals surface area contributed by atoms with Crippen LogP contribution in [0.1, 0.15) is 31.7 Å². The molecule has 0 saturated heterocycles. The maximum absolute atomic E-state index is 11.7. The molecule has 0 amide bonds. The van der Waals surface area contributed by atoms with E-state index >= 15 is 0 Å². The lowest BCUT2D eigenvalue weighted by Gasteiger charge is -2.14. The Morgan fingerprint density at radius 1 is 1.30 bits per heavy atom. The van der Waals surface area contributed by atoms with Crippen molar-refractivity contribution in [1.82, 2.24) is 4.72 Å². The highest BCUT2D eigenvalue weighted by Crippen LogP contribution is 2.07. The maximum atomic E-state index is 11.7. The number of unbranched alkanes of at least 4 members (excludes halogenated alkanes) is 1. The first kappa shape index (κ1) is 16.7. The Hall–Kier alpha value is -1.40. The molecule has 1 aromatic rings. The highest BCUT2D eigenvalue weighted by molar-refractivity contribution is 7.89. The highest BCUT2D eigenvalue weighted by atomic mass is 32.2. The summed E-state index contributed by atoms with van der Waals surface area (Å²) in [5.74, 6) is -1.17. The number of carbonyl (C=O) groups is 1. The van der Waals surface area contributed by atoms with E-state index in [1.807, 2.05) is 37.3 Å². The zero-order chi connectivity index (χ0) is 15.0. The molecule has 0 unspecified atom stereocenters. The van der Waals surface area contributed by atoms with Crippen molar-refractivity contribution in [3.8, 4) is 0 Å². The normalized spacial score (nSPS) is 13.1. The van der Waals surface area contributed by atoms with Crippen LogP contribution in [-0.2, 0) is 21.2 Å². The van der Waals surface area contributed by atoms with Gasteiger partial charge in [-0.1, -0.05) is 43.7 Å². The molecule has 0 saturated carbocycles. The molecular formula is C14H21NO4S. The lowest BCUT2D eigenvalue weighted by molar-refractivity contribution is -0.139. The van der Waals surface area contributed by atoms with Gasteiger partial charge in [0.15, 0.2) is 0 Å². The third-order valence-electron chi connectivity index (χ3n) is 2.95. The zero-order valence-electron chi connectivity index (χ0n) is 11.6. The molecule has 0 fully saturated rings. The molecule has 1 rings (SSSR count). The molecule has 0 spiro atoms. The molecule has 0 aromatic heterocycles. The van der Waals surface area contributed by atoms with Crippen LogP contribution in [0.15, 0.2) is 30.3 Å². The van der Waals surface area contributed by atoms with Gasteiger partial charge in [0.05, 0.1) is 5.75 Å². The smallest absolute Gasteiger partial charge is 0.321 e. The Labute approximate surface area is 120 Å². The second-order valence-electron chi connectivity index (χ2n) is 4.71. The van der Waals surface area contributed by atoms with E-state index < -0.39 is 22.0 Å². The molecular weight excluding hydrogens is 278 g/mol. The van der Waals surface area contributed by atoms with Gasteiger partial charge in [0.1, 0.15) is 6.04 Å². The Morgan fingerprint density at radius 3 is 2.50 bits per heavy atom. The van der Waals surface area contributed by atoms with Gasteiger partial charge in [0.2, 0.25) is 10.0 Å². The number of hydrogen-bond donors (Lipinski definition) is 2. The molecule has 0 aliphatic rings. The number of sulfonamides is 1. The van der Waals surface area contributed by atoms with Gasteiger partial charge in [-0.3, -0.25) is 4.79 Å². The van der Waals surface area contributed by atoms with Crippen LogP contribution in [-0.4, -0.2) is 31.3 Å². The molecule has 112 valence electrons. The standard InChI is InChI=1S/C14H21NO4S/c1-2-3-11-20(18,19)15-13(14(16)17)10-9-12-7-5-4-6-8-12/h4-8,13,15H,2-3,9-11H2,1H3,(H,16,17)/t13-/m0/s1. The number of nitrogens with one attached hydrogen (secondary N) is 1. The van der Waals surface area contributed by atoms with Gasteiger partial charge in [0, 0.05) is 0 Å². The molecule has 1 atom stereocenters. The average molecular weight is 299 g/mol. The van der Waals surface area contributed by atoms with Gasteiger partial charge >= 0.3 is 5.97 Å². The van der Waals surface area contributed by atoms with Gasteiger partial charge in [0.25, 0.3) is 0 Å². The van der Waals surface area contributed by atoms with Gasteiger partial charge in [-0.2, -0.15) is 0 Å². The summed E-state index contributed by atoms with van der Waals surface area (Å²) >= 11 is 0. The lowest BCUT2D eigenvalue weighted by Crippen LogP contribution is -2.42. The third-order valence-corrected chi connectivity index (χ3v) is 4.42. The fourth-order valence-corrected chi connectivity index (χ4v) is 3.24. The fraction of sp³-hybridized carbons (Fsp3) is 0.500. The topological polar surface area (TPSA) is 83.5 Å². The van der Waals surface area contributed by atoms with Crippen molar-refractivity contribution >= 4 is 16.0 Å². The summed E-state index contributed by atoms with van der Waals surface area (Å²) in [6.45, 7) is 1.89. The number of aliphatic carboxylic acids is 1. The van der Waals surface area contributed by atoms with E-state index in [0.29, 0.717) is 12.8 Å². The van der Waals surface area contributed by atoms with Gasteiger partial charge in [-0.25, -0.2) is 13.1 Å². The average Bonchev–Trinajstić information content (AvgIpc) is 2.42. The predicted octanol–water partition coefficient (Wildman–Crippen LogP) is 1.79. The van der Waals surface area contributed by atoms with Crippen LogP contribution in [0, 0.1) is 0 Å². The van der Waals surface area contributed by atoms with Gasteiger partial charge in [-0.05, 0) is 24.8 Å². The largest absolute Gasteiger partial charge is 0.480 e. The monoisotopic (exact) mass is 299 g/mol. The molecule has 20 heavy (non-hydrogen) atoms. The van der Waals surface area contributed by atoms with Crippen LogP contribution in [0.25, 0.3) is 0 Å². The van der Waals surface area contributed by atoms with E-state index in [0.717, 1.165) is 12.0 Å². The van der Waals surface area contributed by atoms with Crippen LogP contribution >= 0.6 is 0 Å². The molecule has 0 aliphatic carbocycles. The van der Waals surface area contributed by atoms with Crippen LogP contribution < -0.4 is 4.72 Å². The first-order chi connectivity index (χ1) is 9.44. The quantitative estimate of drug-likeness (QED) is 0.728. The molecule has 5 nitrogen and oxygen atoms in total. The number of hydrogen-bond acceptors (Lipinski definition) is 3. The number of rotatable bonds is 9. The minimum Gasteiger partial charge on any atom is -0.480 e. The lowest BCUT2D eigenvalue weighted by atomic mass is 10.1. The zero-order valence-corrected chi connectivity index (χ0v) is 12.4. The Bertz CT molecular complexity index is 513. The van der Waals surface area contributed by atoms with Gasteiger partial charge < -0.3 is 5.11 Å². The second kappa shape index (κ2) is 8.01. The van der Waals surface area contributed by atoms with Crippen molar-refractivity contribution in [3.63, 3.8) is 0 Å². The molecule has 0 heterocycles. The van der Waals surface area contributed by atoms with Crippen LogP contribution in [0.5, 0.6) is 0 Å². The molecule has 2 N–H and O–H groups in total. The molecule has 0 radical (unpaired) electrons. The predicted molar refractivity (Wildman–Crippen MR) is 78.0 cm³/mol. The number of benzene rings is 1. The van der Waals surface area contributed by atoms with Crippen LogP contribution in [0.3, 0.4) is 0 Å². The van der Waals surface area contributed by atoms with Crippen molar-refractivity contribution in [2.45, 2.75) is 38.6 Å². The van der Waals surface area contributed by atoms with Crippen molar-refractivity contribution in [3.05, 3.63) is 35.9 Å². The Kier molecular flexibility index (Phi) is 6.67. The summed E-state index contributed by atoms with van der Waals surface area (Å²) in [5, 5.41) is 9.11. The van der Waals surface area contributed by atoms with E-state index in [-0.39, 0.29) is 12.2 Å². The minimum atomic E-state index is -3.52. The highest BCUT2D eigenvalue weighted by Gasteiger charge is 2.23. The van der Waals surface area contributed by atoms with Crippen molar-refractivity contribution < 1.29 is 18.3 Å². The fourth-order valence-electron chi connectivity index (χ4n) is 1.80. The molecule has 0 aliphatic heterocycles. The van der Waals surface area contributed by atoms with E-state index in [1.54, 1.807) is 0 Å². The van der Waals surface area contributed by atoms with E-state index in [4.69, 9.17) is 5.11 Å².